The molecular formula is C17H16O2. The molecule has 2 nitrogen and oxygen atoms in total. The normalized spacial score (nSPS) is 16.6. The standard InChI is InChI=1S/C17H16O2/c18-17(19)14-9-12-5-1-3-10-7-8-11-4-2-6-13(14)16(11)15(10)12/h7-9H,1-6H2,(H,18,19). The Balaban J connectivity index is 2.20. The Morgan fingerprint density at radius 3 is 2.26 bits per heavy atom. The molecule has 2 aliphatic rings. The van der Waals surface area contributed by atoms with Gasteiger partial charge < -0.3 is 5.11 Å². The highest BCUT2D eigenvalue weighted by Crippen LogP contribution is 2.39. The van der Waals surface area contributed by atoms with Gasteiger partial charge in [-0.3, -0.25) is 0 Å². The maximum atomic E-state index is 11.5. The van der Waals surface area contributed by atoms with E-state index in [0.717, 1.165) is 44.1 Å². The van der Waals surface area contributed by atoms with Crippen LogP contribution in [0.1, 0.15) is 45.5 Å². The van der Waals surface area contributed by atoms with E-state index >= 15 is 0 Å². The van der Waals surface area contributed by atoms with Crippen molar-refractivity contribution >= 4 is 16.7 Å². The van der Waals surface area contributed by atoms with Gasteiger partial charge in [0, 0.05) is 0 Å². The van der Waals surface area contributed by atoms with Crippen LogP contribution in [-0.2, 0) is 25.7 Å². The maximum absolute atomic E-state index is 11.5. The minimum absolute atomic E-state index is 0.544. The highest BCUT2D eigenvalue weighted by molar-refractivity contribution is 6.02. The van der Waals surface area contributed by atoms with Gasteiger partial charge in [-0.2, -0.15) is 0 Å². The molecule has 0 atom stereocenters. The summed E-state index contributed by atoms with van der Waals surface area (Å²) < 4.78 is 0. The van der Waals surface area contributed by atoms with Crippen LogP contribution in [0.25, 0.3) is 10.8 Å². The molecule has 2 aromatic carbocycles. The Kier molecular flexibility index (Phi) is 2.22. The fourth-order valence-corrected chi connectivity index (χ4v) is 3.86. The first kappa shape index (κ1) is 11.0. The third kappa shape index (κ3) is 1.46. The zero-order valence-electron chi connectivity index (χ0n) is 10.8. The summed E-state index contributed by atoms with van der Waals surface area (Å²) in [5.74, 6) is -0.767. The van der Waals surface area contributed by atoms with Crippen molar-refractivity contribution < 1.29 is 9.90 Å². The highest BCUT2D eigenvalue weighted by atomic mass is 16.4. The molecule has 19 heavy (non-hydrogen) atoms. The molecular weight excluding hydrogens is 236 g/mol. The van der Waals surface area contributed by atoms with E-state index in [1.807, 2.05) is 6.07 Å². The molecule has 96 valence electrons. The van der Waals surface area contributed by atoms with E-state index in [9.17, 15) is 9.90 Å². The fraction of sp³-hybridized carbons (Fsp3) is 0.353. The van der Waals surface area contributed by atoms with Crippen LogP contribution >= 0.6 is 0 Å². The van der Waals surface area contributed by atoms with E-state index in [0.29, 0.717) is 5.56 Å². The number of benzene rings is 2. The molecule has 0 amide bonds. The summed E-state index contributed by atoms with van der Waals surface area (Å²) in [5.41, 5.74) is 5.64. The Hall–Kier alpha value is -1.83. The summed E-state index contributed by atoms with van der Waals surface area (Å²) in [5, 5.41) is 12.1. The van der Waals surface area contributed by atoms with Crippen molar-refractivity contribution in [3.05, 3.63) is 46.0 Å². The summed E-state index contributed by atoms with van der Waals surface area (Å²) in [6.45, 7) is 0. The minimum Gasteiger partial charge on any atom is -0.478 e. The van der Waals surface area contributed by atoms with Gasteiger partial charge in [0.05, 0.1) is 5.56 Å². The van der Waals surface area contributed by atoms with Crippen LogP contribution in [-0.4, -0.2) is 11.1 Å². The molecule has 0 aliphatic heterocycles. The lowest BCUT2D eigenvalue weighted by atomic mass is 9.78. The Morgan fingerprint density at radius 1 is 0.895 bits per heavy atom. The van der Waals surface area contributed by atoms with Crippen molar-refractivity contribution in [2.75, 3.05) is 0 Å². The summed E-state index contributed by atoms with van der Waals surface area (Å²) in [6, 6.07) is 6.43. The predicted molar refractivity (Wildman–Crippen MR) is 75.0 cm³/mol. The number of aryl methyl sites for hydroxylation is 4. The predicted octanol–water partition coefficient (Wildman–Crippen LogP) is 3.52. The molecule has 0 spiro atoms. The van der Waals surface area contributed by atoms with Gasteiger partial charge >= 0.3 is 5.97 Å². The Labute approximate surface area is 112 Å². The van der Waals surface area contributed by atoms with E-state index in [4.69, 9.17) is 0 Å². The quantitative estimate of drug-likeness (QED) is 0.843. The van der Waals surface area contributed by atoms with Gasteiger partial charge in [-0.25, -0.2) is 4.79 Å². The Morgan fingerprint density at radius 2 is 1.53 bits per heavy atom. The van der Waals surface area contributed by atoms with E-state index in [2.05, 4.69) is 12.1 Å². The van der Waals surface area contributed by atoms with Gasteiger partial charge in [0.15, 0.2) is 0 Å². The van der Waals surface area contributed by atoms with Crippen LogP contribution < -0.4 is 0 Å². The third-order valence-electron chi connectivity index (χ3n) is 4.64. The van der Waals surface area contributed by atoms with Gasteiger partial charge in [0.25, 0.3) is 0 Å². The largest absolute Gasteiger partial charge is 0.478 e. The minimum atomic E-state index is -0.767. The second kappa shape index (κ2) is 3.83. The molecule has 0 aromatic heterocycles. The first-order chi connectivity index (χ1) is 9.25. The van der Waals surface area contributed by atoms with Gasteiger partial charge in [-0.1, -0.05) is 12.1 Å². The molecule has 0 radical (unpaired) electrons. The average molecular weight is 252 g/mol. The molecule has 0 saturated heterocycles. The monoisotopic (exact) mass is 252 g/mol. The average Bonchev–Trinajstić information content (AvgIpc) is 2.44. The van der Waals surface area contributed by atoms with Crippen LogP contribution in [0.2, 0.25) is 0 Å². The number of carbonyl (C=O) groups is 1. The van der Waals surface area contributed by atoms with E-state index < -0.39 is 5.97 Å². The molecule has 0 fully saturated rings. The molecule has 2 aromatic rings. The molecule has 0 unspecified atom stereocenters. The number of aromatic carboxylic acids is 1. The second-order valence-corrected chi connectivity index (χ2v) is 5.71. The number of carboxylic acids is 1. The number of rotatable bonds is 1. The molecule has 0 bridgehead atoms. The second-order valence-electron chi connectivity index (χ2n) is 5.71. The van der Waals surface area contributed by atoms with E-state index in [1.54, 1.807) is 0 Å². The molecule has 0 saturated carbocycles. The molecule has 2 heteroatoms. The molecule has 4 rings (SSSR count). The van der Waals surface area contributed by atoms with Crippen molar-refractivity contribution in [1.29, 1.82) is 0 Å². The van der Waals surface area contributed by atoms with Crippen molar-refractivity contribution in [2.24, 2.45) is 0 Å². The molecule has 0 heterocycles. The van der Waals surface area contributed by atoms with Crippen LogP contribution in [0.5, 0.6) is 0 Å². The summed E-state index contributed by atoms with van der Waals surface area (Å²) in [7, 11) is 0. The van der Waals surface area contributed by atoms with Gasteiger partial charge in [-0.05, 0) is 77.6 Å². The number of hydrogen-bond acceptors (Lipinski definition) is 1. The van der Waals surface area contributed by atoms with Gasteiger partial charge in [0.1, 0.15) is 0 Å². The highest BCUT2D eigenvalue weighted by Gasteiger charge is 2.24. The SMILES string of the molecule is O=C(O)c1cc2c3c(ccc4c3c1CCC4)CCC2. The smallest absolute Gasteiger partial charge is 0.335 e. The molecule has 1 N–H and O–H groups in total. The van der Waals surface area contributed by atoms with Gasteiger partial charge in [0.2, 0.25) is 0 Å². The van der Waals surface area contributed by atoms with E-state index in [1.165, 1.54) is 27.5 Å². The summed E-state index contributed by atoms with van der Waals surface area (Å²) >= 11 is 0. The van der Waals surface area contributed by atoms with E-state index in [-0.39, 0.29) is 0 Å². The zero-order chi connectivity index (χ0) is 13.0. The number of hydrogen-bond donors (Lipinski definition) is 1. The number of carboxylic acid groups (broad SMARTS) is 1. The Bertz CT molecular complexity index is 713. The lowest BCUT2D eigenvalue weighted by Crippen LogP contribution is -2.13. The summed E-state index contributed by atoms with van der Waals surface area (Å²) in [6.07, 6.45) is 6.37. The van der Waals surface area contributed by atoms with Crippen molar-refractivity contribution in [1.82, 2.24) is 0 Å². The van der Waals surface area contributed by atoms with Crippen molar-refractivity contribution in [3.63, 3.8) is 0 Å². The van der Waals surface area contributed by atoms with Gasteiger partial charge in [-0.15, -0.1) is 0 Å². The fourth-order valence-electron chi connectivity index (χ4n) is 3.86. The maximum Gasteiger partial charge on any atom is 0.335 e. The lowest BCUT2D eigenvalue weighted by Gasteiger charge is -2.26. The third-order valence-corrected chi connectivity index (χ3v) is 4.64. The lowest BCUT2D eigenvalue weighted by molar-refractivity contribution is 0.0695. The van der Waals surface area contributed by atoms with Crippen LogP contribution in [0, 0.1) is 0 Å². The van der Waals surface area contributed by atoms with Crippen LogP contribution in [0.3, 0.4) is 0 Å². The van der Waals surface area contributed by atoms with Crippen molar-refractivity contribution in [2.45, 2.75) is 38.5 Å². The van der Waals surface area contributed by atoms with Crippen LogP contribution in [0.4, 0.5) is 0 Å². The molecule has 2 aliphatic carbocycles. The first-order valence-electron chi connectivity index (χ1n) is 7.08. The van der Waals surface area contributed by atoms with Crippen molar-refractivity contribution in [3.8, 4) is 0 Å². The first-order valence-corrected chi connectivity index (χ1v) is 7.08. The topological polar surface area (TPSA) is 37.3 Å². The van der Waals surface area contributed by atoms with Crippen LogP contribution in [0.15, 0.2) is 18.2 Å². The zero-order valence-corrected chi connectivity index (χ0v) is 10.8. The summed E-state index contributed by atoms with van der Waals surface area (Å²) in [4.78, 5) is 11.5.